The van der Waals surface area contributed by atoms with Crippen LogP contribution in [0.5, 0.6) is 0 Å². The van der Waals surface area contributed by atoms with E-state index in [1.54, 1.807) is 6.08 Å². The molecule has 0 rings (SSSR count). The van der Waals surface area contributed by atoms with Crippen molar-refractivity contribution in [2.75, 3.05) is 40.9 Å². The van der Waals surface area contributed by atoms with Gasteiger partial charge in [-0.05, 0) is 70.6 Å². The summed E-state index contributed by atoms with van der Waals surface area (Å²) in [4.78, 5) is 22.8. The van der Waals surface area contributed by atoms with Gasteiger partial charge < -0.3 is 19.8 Å². The van der Waals surface area contributed by atoms with Crippen molar-refractivity contribution < 1.29 is 32.9 Å². The zero-order chi connectivity index (χ0) is 40.0. The molecule has 0 aromatic rings. The first kappa shape index (κ1) is 51.4. The van der Waals surface area contributed by atoms with Crippen molar-refractivity contribution in [3.63, 3.8) is 0 Å². The Labute approximate surface area is 330 Å². The Bertz CT molecular complexity index is 1190. The van der Waals surface area contributed by atoms with Crippen LogP contribution in [-0.2, 0) is 18.4 Å². The summed E-state index contributed by atoms with van der Waals surface area (Å²) in [6.07, 6.45) is 51.4. The first-order valence-electron chi connectivity index (χ1n) is 20.6. The van der Waals surface area contributed by atoms with Gasteiger partial charge in [0.15, 0.2) is 0 Å². The standard InChI is InChI=1S/C45H77N2O6P/c1-6-8-10-11-12-13-14-15-16-17-18-19-20-21-22-23-24-25-26-27-28-29-30-31-32-33-34-35-37-39-45(49)46-43(44(48)38-36-9-7-2)42-53-54(50,51)52-41-40-47(3,4)5/h8,10,12-13,15-16,18-19,21-22,24-25,27-28,36,38,43-44,48H,6-7,9,11,14,17,20,23,26,29-35,37,39-42H2,1-5H3,(H-,46,49,50,51)/p+1/b10-8-,13-12-,16-15-,19-18-,22-21-,25-24-,28-27-,38-36+. The molecule has 3 atom stereocenters. The quantitative estimate of drug-likeness (QED) is 0.0256. The van der Waals surface area contributed by atoms with Crippen LogP contribution >= 0.6 is 7.82 Å². The molecular weight excluding hydrogens is 695 g/mol. The molecule has 0 spiro atoms. The molecule has 0 fully saturated rings. The average Bonchev–Trinajstić information content (AvgIpc) is 3.12. The van der Waals surface area contributed by atoms with Gasteiger partial charge in [0, 0.05) is 6.42 Å². The average molecular weight is 774 g/mol. The minimum Gasteiger partial charge on any atom is -0.387 e. The SMILES string of the molecule is CC/C=C\C/C=C\C/C=C\C/C=C\C/C=C\C/C=C\C/C=C\CCCCCCCCCC(=O)NC(COP(=O)(O)OCC[N+](C)(C)C)C(O)/C=C/CCC. The van der Waals surface area contributed by atoms with Gasteiger partial charge in [-0.25, -0.2) is 4.57 Å². The lowest BCUT2D eigenvalue weighted by Gasteiger charge is -2.25. The van der Waals surface area contributed by atoms with Gasteiger partial charge in [0.25, 0.3) is 0 Å². The van der Waals surface area contributed by atoms with E-state index in [-0.39, 0.29) is 19.1 Å². The summed E-state index contributed by atoms with van der Waals surface area (Å²) in [5.41, 5.74) is 0. The Morgan fingerprint density at radius 2 is 1.11 bits per heavy atom. The summed E-state index contributed by atoms with van der Waals surface area (Å²) in [5.74, 6) is -0.207. The number of hydrogen-bond acceptors (Lipinski definition) is 5. The molecular formula is C45H78N2O6P+. The number of allylic oxidation sites excluding steroid dienone is 15. The molecule has 0 aliphatic heterocycles. The zero-order valence-corrected chi connectivity index (χ0v) is 35.6. The molecule has 0 heterocycles. The van der Waals surface area contributed by atoms with Crippen LogP contribution in [0.4, 0.5) is 0 Å². The van der Waals surface area contributed by atoms with Gasteiger partial charge in [-0.1, -0.05) is 150 Å². The molecule has 0 bridgehead atoms. The lowest BCUT2D eigenvalue weighted by molar-refractivity contribution is -0.870. The van der Waals surface area contributed by atoms with Gasteiger partial charge in [0.05, 0.1) is 39.9 Å². The van der Waals surface area contributed by atoms with Crippen molar-refractivity contribution in [1.29, 1.82) is 0 Å². The summed E-state index contributed by atoms with van der Waals surface area (Å²) in [7, 11) is 1.53. The predicted molar refractivity (Wildman–Crippen MR) is 230 cm³/mol. The van der Waals surface area contributed by atoms with E-state index in [9.17, 15) is 19.4 Å². The van der Waals surface area contributed by atoms with E-state index in [0.29, 0.717) is 17.4 Å². The lowest BCUT2D eigenvalue weighted by atomic mass is 10.1. The molecule has 1 amide bonds. The van der Waals surface area contributed by atoms with E-state index in [1.807, 2.05) is 34.1 Å². The van der Waals surface area contributed by atoms with Crippen LogP contribution in [0.15, 0.2) is 97.2 Å². The van der Waals surface area contributed by atoms with E-state index < -0.39 is 20.0 Å². The number of aliphatic hydroxyl groups is 1. The number of aliphatic hydroxyl groups excluding tert-OH is 1. The molecule has 0 aromatic carbocycles. The highest BCUT2D eigenvalue weighted by molar-refractivity contribution is 7.47. The van der Waals surface area contributed by atoms with Crippen molar-refractivity contribution in [2.24, 2.45) is 0 Å². The van der Waals surface area contributed by atoms with Gasteiger partial charge in [-0.3, -0.25) is 13.8 Å². The lowest BCUT2D eigenvalue weighted by Crippen LogP contribution is -2.45. The second kappa shape index (κ2) is 36.1. The molecule has 0 aliphatic carbocycles. The van der Waals surface area contributed by atoms with Crippen molar-refractivity contribution in [3.05, 3.63) is 97.2 Å². The van der Waals surface area contributed by atoms with Crippen molar-refractivity contribution >= 4 is 13.7 Å². The number of phosphoric acid groups is 1. The van der Waals surface area contributed by atoms with Gasteiger partial charge in [-0.15, -0.1) is 0 Å². The first-order valence-corrected chi connectivity index (χ1v) is 22.1. The van der Waals surface area contributed by atoms with E-state index in [4.69, 9.17) is 9.05 Å². The van der Waals surface area contributed by atoms with E-state index in [2.05, 4.69) is 97.3 Å². The highest BCUT2D eigenvalue weighted by Gasteiger charge is 2.27. The number of rotatable bonds is 35. The molecule has 0 radical (unpaired) electrons. The molecule has 0 saturated heterocycles. The van der Waals surface area contributed by atoms with Gasteiger partial charge >= 0.3 is 7.82 Å². The first-order chi connectivity index (χ1) is 26.0. The van der Waals surface area contributed by atoms with Crippen LogP contribution in [-0.4, -0.2) is 73.4 Å². The minimum absolute atomic E-state index is 0.0516. The normalized spacial score (nSPS) is 15.5. The van der Waals surface area contributed by atoms with E-state index >= 15 is 0 Å². The Morgan fingerprint density at radius 1 is 0.648 bits per heavy atom. The fourth-order valence-corrected chi connectivity index (χ4v) is 5.76. The molecule has 8 nitrogen and oxygen atoms in total. The second-order valence-electron chi connectivity index (χ2n) is 14.6. The van der Waals surface area contributed by atoms with Crippen molar-refractivity contribution in [2.45, 2.75) is 142 Å². The fraction of sp³-hybridized carbons (Fsp3) is 0.622. The zero-order valence-electron chi connectivity index (χ0n) is 34.7. The number of carbonyl (C=O) groups excluding carboxylic acids is 1. The second-order valence-corrected chi connectivity index (χ2v) is 16.1. The summed E-state index contributed by atoms with van der Waals surface area (Å²) >= 11 is 0. The molecule has 3 N–H and O–H groups in total. The third kappa shape index (κ3) is 37.7. The van der Waals surface area contributed by atoms with Crippen LogP contribution in [0, 0.1) is 0 Å². The highest BCUT2D eigenvalue weighted by Crippen LogP contribution is 2.43. The third-order valence-electron chi connectivity index (χ3n) is 8.29. The molecule has 308 valence electrons. The topological polar surface area (TPSA) is 105 Å². The monoisotopic (exact) mass is 774 g/mol. The number of carbonyl (C=O) groups is 1. The van der Waals surface area contributed by atoms with Crippen LogP contribution in [0.3, 0.4) is 0 Å². The molecule has 54 heavy (non-hydrogen) atoms. The third-order valence-corrected chi connectivity index (χ3v) is 9.28. The summed E-state index contributed by atoms with van der Waals surface area (Å²) in [5, 5.41) is 13.4. The summed E-state index contributed by atoms with van der Waals surface area (Å²) < 4.78 is 23.2. The number of nitrogens with one attached hydrogen (secondary N) is 1. The molecule has 9 heteroatoms. The van der Waals surface area contributed by atoms with Crippen LogP contribution in [0.25, 0.3) is 0 Å². The minimum atomic E-state index is -4.32. The number of unbranched alkanes of at least 4 members (excludes halogenated alkanes) is 8. The van der Waals surface area contributed by atoms with Crippen LogP contribution < -0.4 is 5.32 Å². The Kier molecular flexibility index (Phi) is 34.4. The molecule has 0 aromatic heterocycles. The number of phosphoric ester groups is 1. The maximum absolute atomic E-state index is 12.7. The number of hydrogen-bond donors (Lipinski definition) is 3. The van der Waals surface area contributed by atoms with Gasteiger partial charge in [0.2, 0.25) is 5.91 Å². The number of amides is 1. The smallest absolute Gasteiger partial charge is 0.387 e. The van der Waals surface area contributed by atoms with E-state index in [0.717, 1.165) is 89.9 Å². The van der Waals surface area contributed by atoms with Crippen LogP contribution in [0.2, 0.25) is 0 Å². The molecule has 0 saturated carbocycles. The predicted octanol–water partition coefficient (Wildman–Crippen LogP) is 11.2. The number of nitrogens with zero attached hydrogens (tertiary/aromatic N) is 1. The highest BCUT2D eigenvalue weighted by atomic mass is 31.2. The van der Waals surface area contributed by atoms with Crippen molar-refractivity contribution in [3.8, 4) is 0 Å². The van der Waals surface area contributed by atoms with E-state index in [1.165, 1.54) is 19.3 Å². The summed E-state index contributed by atoms with van der Waals surface area (Å²) in [6, 6.07) is -0.854. The van der Waals surface area contributed by atoms with Crippen molar-refractivity contribution in [1.82, 2.24) is 5.32 Å². The van der Waals surface area contributed by atoms with Gasteiger partial charge in [0.1, 0.15) is 13.2 Å². The fourth-order valence-electron chi connectivity index (χ4n) is 5.03. The largest absolute Gasteiger partial charge is 0.472 e. The Hall–Kier alpha value is -2.58. The number of likely N-dealkylation sites (N-methyl/N-ethyl adjacent to an activating group) is 1. The Morgan fingerprint density at radius 3 is 1.59 bits per heavy atom. The molecule has 0 aliphatic rings. The van der Waals surface area contributed by atoms with Crippen LogP contribution in [0.1, 0.15) is 129 Å². The van der Waals surface area contributed by atoms with Gasteiger partial charge in [-0.2, -0.15) is 0 Å². The maximum atomic E-state index is 12.7. The maximum Gasteiger partial charge on any atom is 0.472 e. The summed E-state index contributed by atoms with van der Waals surface area (Å²) in [6.45, 7) is 4.43. The Balaban J connectivity index is 4.02. The molecule has 3 unspecified atom stereocenters. The number of quaternary nitrogens is 1.